The van der Waals surface area contributed by atoms with Crippen molar-refractivity contribution in [1.82, 2.24) is 0 Å². The molecule has 0 aromatic heterocycles. The molecule has 2 unspecified atom stereocenters. The Morgan fingerprint density at radius 1 is 0.857 bits per heavy atom. The zero-order valence-corrected chi connectivity index (χ0v) is 22.9. The Kier molecular flexibility index (Phi) is 4.32. The Hall–Kier alpha value is -0.200. The molecule has 5 aliphatic carbocycles. The molecule has 35 heavy (non-hydrogen) atoms. The third-order valence-electron chi connectivity index (χ3n) is 14.2. The molecule has 5 nitrogen and oxygen atoms in total. The fourth-order valence-corrected chi connectivity index (χ4v) is 12.7. The molecule has 2 bridgehead atoms. The van der Waals surface area contributed by atoms with E-state index in [1.165, 1.54) is 12.8 Å². The van der Waals surface area contributed by atoms with Gasteiger partial charge < -0.3 is 24.8 Å². The van der Waals surface area contributed by atoms with Crippen LogP contribution in [0.25, 0.3) is 0 Å². The van der Waals surface area contributed by atoms with Gasteiger partial charge in [0.05, 0.1) is 17.8 Å². The summed E-state index contributed by atoms with van der Waals surface area (Å²) >= 11 is 0. The fourth-order valence-electron chi connectivity index (χ4n) is 12.7. The van der Waals surface area contributed by atoms with E-state index < -0.39 is 23.6 Å². The molecule has 2 heterocycles. The highest BCUT2D eigenvalue weighted by atomic mass is 16.8. The fraction of sp³-hybridized carbons (Fsp3) is 1.00. The van der Waals surface area contributed by atoms with E-state index in [1.807, 2.05) is 13.8 Å². The first kappa shape index (κ1) is 23.9. The van der Waals surface area contributed by atoms with Gasteiger partial charge >= 0.3 is 0 Å². The van der Waals surface area contributed by atoms with Gasteiger partial charge in [-0.3, -0.25) is 0 Å². The van der Waals surface area contributed by atoms with Crippen molar-refractivity contribution >= 4 is 0 Å². The Bertz CT molecular complexity index is 957. The van der Waals surface area contributed by atoms with Gasteiger partial charge in [-0.05, 0) is 105 Å². The first-order valence-corrected chi connectivity index (χ1v) is 14.6. The SMILES string of the molecule is C[C@@H]1CC2O[C@]3(O[C@@H]2C(C)(C)O)C1[C@@]1(C)CC[C@@]24C[C@@]25CC[C@H](O)C(C)(C)[C@@H]5CC[C@H]4[C@]1(C)[C@H]3O. The van der Waals surface area contributed by atoms with Gasteiger partial charge in [-0.15, -0.1) is 0 Å². The maximum Gasteiger partial charge on any atom is 0.199 e. The van der Waals surface area contributed by atoms with Crippen LogP contribution < -0.4 is 0 Å². The van der Waals surface area contributed by atoms with Gasteiger partial charge in [-0.1, -0.05) is 34.6 Å². The molecule has 0 aromatic rings. The van der Waals surface area contributed by atoms with Crippen LogP contribution in [0.1, 0.15) is 99.8 Å². The van der Waals surface area contributed by atoms with Gasteiger partial charge in [0, 0.05) is 11.3 Å². The van der Waals surface area contributed by atoms with Crippen molar-refractivity contribution in [3.05, 3.63) is 0 Å². The van der Waals surface area contributed by atoms with Crippen molar-refractivity contribution in [1.29, 1.82) is 0 Å². The quantitative estimate of drug-likeness (QED) is 0.500. The summed E-state index contributed by atoms with van der Waals surface area (Å²) in [7, 11) is 0. The van der Waals surface area contributed by atoms with E-state index in [0.717, 1.165) is 38.5 Å². The standard InChI is InChI=1S/C30H48O5/c1-16-14-17-22(25(4,5)33)35-30(34-17)21(16)26(6)12-13-29-15-28(29)11-10-20(31)24(2,3)18(28)8-9-19(29)27(26,7)23(30)32/h16-23,31-33H,8-15H2,1-7H3/t16-,17?,18+,19+,20+,21?,22+,23-,26-,27-,28-,29+,30+/m1/s1. The highest BCUT2D eigenvalue weighted by Gasteiger charge is 2.88. The molecule has 0 aromatic carbocycles. The van der Waals surface area contributed by atoms with Gasteiger partial charge in [0.2, 0.25) is 0 Å². The molecule has 198 valence electrons. The zero-order valence-electron chi connectivity index (χ0n) is 22.9. The van der Waals surface area contributed by atoms with Gasteiger partial charge in [0.25, 0.3) is 0 Å². The average Bonchev–Trinajstić information content (AvgIpc) is 3.28. The molecule has 2 saturated heterocycles. The summed E-state index contributed by atoms with van der Waals surface area (Å²) in [5, 5.41) is 34.4. The van der Waals surface area contributed by atoms with Crippen molar-refractivity contribution in [2.75, 3.05) is 0 Å². The van der Waals surface area contributed by atoms with Crippen LogP contribution in [0, 0.1) is 50.7 Å². The van der Waals surface area contributed by atoms with Crippen LogP contribution in [0.5, 0.6) is 0 Å². The molecular weight excluding hydrogens is 440 g/mol. The van der Waals surface area contributed by atoms with Crippen LogP contribution in [-0.2, 0) is 9.47 Å². The number of ether oxygens (including phenoxy) is 2. The minimum atomic E-state index is -1.01. The third kappa shape index (κ3) is 2.30. The van der Waals surface area contributed by atoms with Gasteiger partial charge in [-0.2, -0.15) is 0 Å². The minimum absolute atomic E-state index is 0.0331. The van der Waals surface area contributed by atoms with Gasteiger partial charge in [-0.25, -0.2) is 0 Å². The smallest absolute Gasteiger partial charge is 0.199 e. The van der Waals surface area contributed by atoms with E-state index in [-0.39, 0.29) is 39.8 Å². The Labute approximate surface area is 211 Å². The second kappa shape index (κ2) is 6.33. The Morgan fingerprint density at radius 2 is 1.51 bits per heavy atom. The van der Waals surface area contributed by atoms with E-state index in [1.54, 1.807) is 0 Å². The molecule has 3 spiro atoms. The highest BCUT2D eigenvalue weighted by Crippen LogP contribution is 2.90. The monoisotopic (exact) mass is 488 g/mol. The number of aliphatic hydroxyl groups is 3. The first-order valence-electron chi connectivity index (χ1n) is 14.6. The summed E-state index contributed by atoms with van der Waals surface area (Å²) < 4.78 is 13.6. The Morgan fingerprint density at radius 3 is 2.20 bits per heavy atom. The van der Waals surface area contributed by atoms with E-state index >= 15 is 0 Å². The molecule has 7 rings (SSSR count). The largest absolute Gasteiger partial charge is 0.393 e. The van der Waals surface area contributed by atoms with Crippen molar-refractivity contribution in [3.63, 3.8) is 0 Å². The first-order chi connectivity index (χ1) is 16.1. The lowest BCUT2D eigenvalue weighted by Gasteiger charge is -2.63. The number of hydrogen-bond acceptors (Lipinski definition) is 5. The lowest BCUT2D eigenvalue weighted by atomic mass is 9.41. The molecule has 5 heteroatoms. The maximum atomic E-state index is 12.5. The van der Waals surface area contributed by atoms with Crippen molar-refractivity contribution < 1.29 is 24.8 Å². The van der Waals surface area contributed by atoms with E-state index in [4.69, 9.17) is 9.47 Å². The molecule has 7 aliphatic rings. The lowest BCUT2D eigenvalue weighted by molar-refractivity contribution is -0.282. The zero-order chi connectivity index (χ0) is 25.2. The summed E-state index contributed by atoms with van der Waals surface area (Å²) in [5.41, 5.74) is -0.788. The van der Waals surface area contributed by atoms with Crippen LogP contribution in [0.15, 0.2) is 0 Å². The number of fused-ring (bicyclic) bond motifs is 4. The molecule has 2 aliphatic heterocycles. The molecule has 0 amide bonds. The average molecular weight is 489 g/mol. The number of rotatable bonds is 1. The minimum Gasteiger partial charge on any atom is -0.393 e. The normalized spacial score (nSPS) is 63.9. The summed E-state index contributed by atoms with van der Waals surface area (Å²) in [6.45, 7) is 15.4. The summed E-state index contributed by atoms with van der Waals surface area (Å²) in [5.74, 6) is 0.523. The molecule has 0 radical (unpaired) electrons. The lowest BCUT2D eigenvalue weighted by Crippen LogP contribution is -2.60. The second-order valence-electron chi connectivity index (χ2n) is 15.9. The van der Waals surface area contributed by atoms with Crippen LogP contribution in [0.4, 0.5) is 0 Å². The van der Waals surface area contributed by atoms with Crippen molar-refractivity contribution in [3.8, 4) is 0 Å². The molecule has 7 fully saturated rings. The van der Waals surface area contributed by atoms with E-state index in [0.29, 0.717) is 23.2 Å². The van der Waals surface area contributed by atoms with Crippen molar-refractivity contribution in [2.24, 2.45) is 50.7 Å². The van der Waals surface area contributed by atoms with Crippen LogP contribution in [0.2, 0.25) is 0 Å². The van der Waals surface area contributed by atoms with E-state index in [2.05, 4.69) is 34.6 Å². The van der Waals surface area contributed by atoms with Crippen LogP contribution >= 0.6 is 0 Å². The molecule has 13 atom stereocenters. The van der Waals surface area contributed by atoms with Gasteiger partial charge in [0.1, 0.15) is 12.2 Å². The molecule has 3 N–H and O–H groups in total. The topological polar surface area (TPSA) is 79.2 Å². The van der Waals surface area contributed by atoms with Crippen LogP contribution in [0.3, 0.4) is 0 Å². The molecular formula is C30H48O5. The van der Waals surface area contributed by atoms with Crippen LogP contribution in [-0.4, -0.2) is 51.1 Å². The summed E-state index contributed by atoms with van der Waals surface area (Å²) in [6, 6.07) is 0. The predicted molar refractivity (Wildman–Crippen MR) is 132 cm³/mol. The predicted octanol–water partition coefficient (Wildman–Crippen LogP) is 4.66. The second-order valence-corrected chi connectivity index (χ2v) is 15.9. The van der Waals surface area contributed by atoms with Crippen molar-refractivity contribution in [2.45, 2.75) is 136 Å². The maximum absolute atomic E-state index is 12.5. The Balaban J connectivity index is 1.33. The van der Waals surface area contributed by atoms with E-state index in [9.17, 15) is 15.3 Å². The highest BCUT2D eigenvalue weighted by molar-refractivity contribution is 5.34. The third-order valence-corrected chi connectivity index (χ3v) is 14.2. The summed E-state index contributed by atoms with van der Waals surface area (Å²) in [6.07, 6.45) is 7.36. The van der Waals surface area contributed by atoms with Gasteiger partial charge in [0.15, 0.2) is 5.79 Å². The summed E-state index contributed by atoms with van der Waals surface area (Å²) in [4.78, 5) is 0. The number of aliphatic hydroxyl groups excluding tert-OH is 2. The molecule has 5 saturated carbocycles. The number of hydrogen-bond donors (Lipinski definition) is 3.